The van der Waals surface area contributed by atoms with Crippen molar-refractivity contribution >= 4 is 22.4 Å². The first-order valence-corrected chi connectivity index (χ1v) is 9.26. The fourth-order valence-corrected chi connectivity index (χ4v) is 3.66. The number of ether oxygens (including phenoxy) is 1. The van der Waals surface area contributed by atoms with E-state index in [-0.39, 0.29) is 5.97 Å². The average molecular weight is 379 g/mol. The molecule has 3 aromatic heterocycles. The lowest BCUT2D eigenvalue weighted by Crippen LogP contribution is -2.02. The van der Waals surface area contributed by atoms with Crippen LogP contribution in [0.1, 0.15) is 10.4 Å². The predicted molar refractivity (Wildman–Crippen MR) is 113 cm³/mol. The largest absolute Gasteiger partial charge is 0.465 e. The highest BCUT2D eigenvalue weighted by atomic mass is 16.5. The minimum atomic E-state index is -0.387. The van der Waals surface area contributed by atoms with E-state index in [4.69, 9.17) is 9.72 Å². The number of rotatable bonds is 3. The highest BCUT2D eigenvalue weighted by Crippen LogP contribution is 2.36. The summed E-state index contributed by atoms with van der Waals surface area (Å²) >= 11 is 0. The molecule has 5 rings (SSSR count). The topological polar surface area (TPSA) is 56.5 Å². The molecule has 0 spiro atoms. The molecule has 0 bridgehead atoms. The molecule has 0 aliphatic carbocycles. The molecule has 0 saturated heterocycles. The Bertz CT molecular complexity index is 1350. The van der Waals surface area contributed by atoms with Crippen LogP contribution in [-0.2, 0) is 4.74 Å². The predicted octanol–water partition coefficient (Wildman–Crippen LogP) is 5.00. The molecular formula is C24H17N3O2. The van der Waals surface area contributed by atoms with E-state index in [0.29, 0.717) is 11.2 Å². The molecule has 29 heavy (non-hydrogen) atoms. The van der Waals surface area contributed by atoms with Gasteiger partial charge in [-0.1, -0.05) is 48.5 Å². The van der Waals surface area contributed by atoms with Crippen LogP contribution in [0.15, 0.2) is 85.2 Å². The molecule has 0 saturated carbocycles. The number of benzene rings is 2. The zero-order valence-electron chi connectivity index (χ0n) is 15.7. The Kier molecular flexibility index (Phi) is 4.06. The lowest BCUT2D eigenvalue weighted by molar-refractivity contribution is 0.0600. The summed E-state index contributed by atoms with van der Waals surface area (Å²) in [6.07, 6.45) is 3.62. The SMILES string of the molecule is COC(=O)c1ccn2c(-c3cccc4ccccc34)c(-c3ccccn3)nc2c1. The van der Waals surface area contributed by atoms with Gasteiger partial charge in [-0.2, -0.15) is 0 Å². The second-order valence-corrected chi connectivity index (χ2v) is 6.69. The van der Waals surface area contributed by atoms with Gasteiger partial charge in [-0.25, -0.2) is 9.78 Å². The summed E-state index contributed by atoms with van der Waals surface area (Å²) in [4.78, 5) is 21.3. The fraction of sp³-hybridized carbons (Fsp3) is 0.0417. The van der Waals surface area contributed by atoms with Crippen molar-refractivity contribution in [3.05, 3.63) is 90.8 Å². The Morgan fingerprint density at radius 2 is 1.79 bits per heavy atom. The molecule has 0 radical (unpaired) electrons. The van der Waals surface area contributed by atoms with Gasteiger partial charge in [0.25, 0.3) is 0 Å². The standard InChI is InChI=1S/C24H17N3O2/c1-29-24(28)17-12-14-27-21(15-17)26-22(20-11-4-5-13-25-20)23(27)19-10-6-8-16-7-2-3-9-18(16)19/h2-15H,1H3. The van der Waals surface area contributed by atoms with E-state index >= 15 is 0 Å². The summed E-state index contributed by atoms with van der Waals surface area (Å²) < 4.78 is 6.86. The zero-order valence-corrected chi connectivity index (χ0v) is 15.7. The Labute approximate surface area is 167 Å². The maximum absolute atomic E-state index is 12.0. The number of carbonyl (C=O) groups excluding carboxylic acids is 1. The van der Waals surface area contributed by atoms with Gasteiger partial charge in [0.15, 0.2) is 0 Å². The van der Waals surface area contributed by atoms with Crippen molar-refractivity contribution in [2.45, 2.75) is 0 Å². The van der Waals surface area contributed by atoms with Crippen LogP contribution in [-0.4, -0.2) is 27.4 Å². The maximum atomic E-state index is 12.0. The van der Waals surface area contributed by atoms with E-state index in [1.807, 2.05) is 47.0 Å². The van der Waals surface area contributed by atoms with E-state index in [1.165, 1.54) is 7.11 Å². The van der Waals surface area contributed by atoms with Gasteiger partial charge in [0.1, 0.15) is 11.3 Å². The summed E-state index contributed by atoms with van der Waals surface area (Å²) in [5.74, 6) is -0.387. The summed E-state index contributed by atoms with van der Waals surface area (Å²) in [6, 6.07) is 23.8. The lowest BCUT2D eigenvalue weighted by Gasteiger charge is -2.09. The molecule has 0 unspecified atom stereocenters. The third kappa shape index (κ3) is 2.84. The maximum Gasteiger partial charge on any atom is 0.338 e. The summed E-state index contributed by atoms with van der Waals surface area (Å²) in [5.41, 5.74) is 4.66. The van der Waals surface area contributed by atoms with Crippen molar-refractivity contribution in [3.8, 4) is 22.6 Å². The van der Waals surface area contributed by atoms with Crippen molar-refractivity contribution in [1.29, 1.82) is 0 Å². The number of esters is 1. The van der Waals surface area contributed by atoms with E-state index < -0.39 is 0 Å². The van der Waals surface area contributed by atoms with Gasteiger partial charge < -0.3 is 4.74 Å². The second-order valence-electron chi connectivity index (χ2n) is 6.69. The van der Waals surface area contributed by atoms with Gasteiger partial charge >= 0.3 is 5.97 Å². The van der Waals surface area contributed by atoms with Crippen molar-refractivity contribution in [2.24, 2.45) is 0 Å². The molecule has 0 fully saturated rings. The smallest absolute Gasteiger partial charge is 0.338 e. The molecule has 0 aliphatic rings. The number of carbonyl (C=O) groups is 1. The van der Waals surface area contributed by atoms with Gasteiger partial charge in [-0.05, 0) is 35.0 Å². The zero-order chi connectivity index (χ0) is 19.8. The number of hydrogen-bond acceptors (Lipinski definition) is 4. The Balaban J connectivity index is 1.86. The molecule has 0 N–H and O–H groups in total. The number of nitrogens with zero attached hydrogens (tertiary/aromatic N) is 3. The molecule has 2 aromatic carbocycles. The van der Waals surface area contributed by atoms with Gasteiger partial charge in [0, 0.05) is 18.0 Å². The van der Waals surface area contributed by atoms with Crippen molar-refractivity contribution in [1.82, 2.24) is 14.4 Å². The number of fused-ring (bicyclic) bond motifs is 2. The molecule has 5 heteroatoms. The molecule has 0 atom stereocenters. The molecule has 3 heterocycles. The van der Waals surface area contributed by atoms with E-state index in [0.717, 1.165) is 33.4 Å². The summed E-state index contributed by atoms with van der Waals surface area (Å²) in [6.45, 7) is 0. The van der Waals surface area contributed by atoms with Crippen LogP contribution < -0.4 is 0 Å². The molecule has 5 nitrogen and oxygen atoms in total. The first-order valence-electron chi connectivity index (χ1n) is 9.26. The fourth-order valence-electron chi connectivity index (χ4n) is 3.66. The minimum Gasteiger partial charge on any atom is -0.465 e. The molecule has 0 amide bonds. The summed E-state index contributed by atoms with van der Waals surface area (Å²) in [7, 11) is 1.37. The quantitative estimate of drug-likeness (QED) is 0.414. The van der Waals surface area contributed by atoms with Crippen LogP contribution in [0.25, 0.3) is 39.1 Å². The number of pyridine rings is 2. The van der Waals surface area contributed by atoms with Gasteiger partial charge in [-0.3, -0.25) is 9.38 Å². The first-order chi connectivity index (χ1) is 14.3. The lowest BCUT2D eigenvalue weighted by atomic mass is 10.00. The number of imidazole rings is 1. The molecule has 140 valence electrons. The van der Waals surface area contributed by atoms with Crippen molar-refractivity contribution < 1.29 is 9.53 Å². The van der Waals surface area contributed by atoms with Crippen LogP contribution in [0.3, 0.4) is 0 Å². The monoisotopic (exact) mass is 379 g/mol. The third-order valence-electron chi connectivity index (χ3n) is 5.00. The van der Waals surface area contributed by atoms with Gasteiger partial charge in [0.05, 0.1) is 24.1 Å². The highest BCUT2D eigenvalue weighted by Gasteiger charge is 2.19. The van der Waals surface area contributed by atoms with Gasteiger partial charge in [-0.15, -0.1) is 0 Å². The Morgan fingerprint density at radius 3 is 2.62 bits per heavy atom. The Hall–Kier alpha value is -3.99. The van der Waals surface area contributed by atoms with Crippen LogP contribution in [0.2, 0.25) is 0 Å². The van der Waals surface area contributed by atoms with Crippen LogP contribution in [0, 0.1) is 0 Å². The third-order valence-corrected chi connectivity index (χ3v) is 5.00. The van der Waals surface area contributed by atoms with Gasteiger partial charge in [0.2, 0.25) is 0 Å². The average Bonchev–Trinajstić information content (AvgIpc) is 3.17. The first kappa shape index (κ1) is 17.1. The number of methoxy groups -OCH3 is 1. The minimum absolute atomic E-state index is 0.387. The van der Waals surface area contributed by atoms with Crippen molar-refractivity contribution in [3.63, 3.8) is 0 Å². The highest BCUT2D eigenvalue weighted by molar-refractivity contribution is 5.99. The van der Waals surface area contributed by atoms with E-state index in [2.05, 4.69) is 29.2 Å². The van der Waals surface area contributed by atoms with Crippen LogP contribution >= 0.6 is 0 Å². The van der Waals surface area contributed by atoms with Crippen LogP contribution in [0.4, 0.5) is 0 Å². The van der Waals surface area contributed by atoms with Crippen LogP contribution in [0.5, 0.6) is 0 Å². The van der Waals surface area contributed by atoms with E-state index in [1.54, 1.807) is 18.3 Å². The number of hydrogen-bond donors (Lipinski definition) is 0. The second kappa shape index (κ2) is 6.87. The Morgan fingerprint density at radius 1 is 0.966 bits per heavy atom. The summed E-state index contributed by atoms with van der Waals surface area (Å²) in [5, 5.41) is 2.28. The van der Waals surface area contributed by atoms with Crippen molar-refractivity contribution in [2.75, 3.05) is 7.11 Å². The molecular weight excluding hydrogens is 362 g/mol. The van der Waals surface area contributed by atoms with E-state index in [9.17, 15) is 4.79 Å². The normalized spacial score (nSPS) is 11.1. The number of aromatic nitrogens is 3. The molecule has 0 aliphatic heterocycles. The molecule has 5 aromatic rings.